The number of nitro groups is 1. The number of hydrogen-bond acceptors (Lipinski definition) is 4. The fraction of sp³-hybridized carbons (Fsp3) is 0.400. The minimum atomic E-state index is -0.469. The first-order chi connectivity index (χ1) is 10.0. The third kappa shape index (κ3) is 4.68. The molecule has 1 amide bonds. The Balaban J connectivity index is 1.84. The van der Waals surface area contributed by atoms with Gasteiger partial charge in [0.05, 0.1) is 11.0 Å². The molecule has 0 bridgehead atoms. The molecule has 6 nitrogen and oxygen atoms in total. The molecule has 1 aliphatic carbocycles. The van der Waals surface area contributed by atoms with E-state index >= 15 is 0 Å². The summed E-state index contributed by atoms with van der Waals surface area (Å²) in [5.74, 6) is 0.0954. The molecule has 0 aliphatic heterocycles. The van der Waals surface area contributed by atoms with E-state index in [1.54, 1.807) is 18.2 Å². The van der Waals surface area contributed by atoms with Crippen LogP contribution in [0.3, 0.4) is 0 Å². The molecule has 112 valence electrons. The second kappa shape index (κ2) is 6.99. The molecular weight excluding hydrogens is 272 g/mol. The Morgan fingerprint density at radius 1 is 1.48 bits per heavy atom. The number of amides is 1. The summed E-state index contributed by atoms with van der Waals surface area (Å²) in [5, 5.41) is 22.8. The van der Waals surface area contributed by atoms with Crippen molar-refractivity contribution in [1.29, 1.82) is 0 Å². The van der Waals surface area contributed by atoms with Crippen LogP contribution in [-0.4, -0.2) is 28.6 Å². The number of rotatable bonds is 5. The highest BCUT2D eigenvalue weighted by molar-refractivity contribution is 5.91. The van der Waals surface area contributed by atoms with Crippen LogP contribution in [-0.2, 0) is 4.79 Å². The second-order valence-corrected chi connectivity index (χ2v) is 5.26. The van der Waals surface area contributed by atoms with Gasteiger partial charge in [0.2, 0.25) is 5.91 Å². The lowest BCUT2D eigenvalue weighted by Gasteiger charge is -2.09. The number of nitrogens with zero attached hydrogens (tertiary/aromatic N) is 1. The Labute approximate surface area is 122 Å². The largest absolute Gasteiger partial charge is 0.393 e. The number of nitro benzene ring substituents is 1. The quantitative estimate of drug-likeness (QED) is 0.492. The zero-order valence-electron chi connectivity index (χ0n) is 11.6. The molecule has 0 heterocycles. The van der Waals surface area contributed by atoms with E-state index in [4.69, 9.17) is 0 Å². The van der Waals surface area contributed by atoms with E-state index in [-0.39, 0.29) is 17.7 Å². The molecule has 1 fully saturated rings. The number of non-ortho nitro benzene ring substituents is 1. The minimum absolute atomic E-state index is 0.00231. The summed E-state index contributed by atoms with van der Waals surface area (Å²) in [6.07, 6.45) is 5.12. The van der Waals surface area contributed by atoms with E-state index in [9.17, 15) is 20.0 Å². The van der Waals surface area contributed by atoms with Crippen molar-refractivity contribution in [1.82, 2.24) is 5.32 Å². The topological polar surface area (TPSA) is 92.5 Å². The van der Waals surface area contributed by atoms with E-state index in [1.165, 1.54) is 18.2 Å². The van der Waals surface area contributed by atoms with Crippen LogP contribution in [0.4, 0.5) is 5.69 Å². The van der Waals surface area contributed by atoms with Crippen LogP contribution in [0, 0.1) is 16.0 Å². The van der Waals surface area contributed by atoms with E-state index in [0.29, 0.717) is 18.0 Å². The molecule has 1 saturated carbocycles. The van der Waals surface area contributed by atoms with Crippen LogP contribution in [0.15, 0.2) is 30.3 Å². The summed E-state index contributed by atoms with van der Waals surface area (Å²) in [4.78, 5) is 21.9. The van der Waals surface area contributed by atoms with Crippen molar-refractivity contribution in [3.05, 3.63) is 46.0 Å². The average Bonchev–Trinajstić information content (AvgIpc) is 2.89. The summed E-state index contributed by atoms with van der Waals surface area (Å²) in [5.41, 5.74) is 0.605. The van der Waals surface area contributed by atoms with Crippen LogP contribution in [0.2, 0.25) is 0 Å². The van der Waals surface area contributed by atoms with Crippen LogP contribution < -0.4 is 5.32 Å². The van der Waals surface area contributed by atoms with Gasteiger partial charge >= 0.3 is 0 Å². The molecule has 0 saturated heterocycles. The molecule has 2 unspecified atom stereocenters. The number of aliphatic hydroxyl groups is 1. The van der Waals surface area contributed by atoms with Crippen LogP contribution in [0.5, 0.6) is 0 Å². The van der Waals surface area contributed by atoms with E-state index in [1.807, 2.05) is 0 Å². The van der Waals surface area contributed by atoms with E-state index in [2.05, 4.69) is 5.32 Å². The predicted octanol–water partition coefficient (Wildman–Crippen LogP) is 1.89. The number of benzene rings is 1. The molecule has 0 spiro atoms. The molecule has 1 aliphatic rings. The average molecular weight is 290 g/mol. The first kappa shape index (κ1) is 15.2. The molecule has 2 rings (SSSR count). The maximum Gasteiger partial charge on any atom is 0.270 e. The zero-order valence-corrected chi connectivity index (χ0v) is 11.6. The first-order valence-corrected chi connectivity index (χ1v) is 6.93. The molecular formula is C15H18N2O4. The van der Waals surface area contributed by atoms with Crippen molar-refractivity contribution in [2.24, 2.45) is 5.92 Å². The molecule has 2 N–H and O–H groups in total. The molecule has 0 aromatic heterocycles. The Hall–Kier alpha value is -2.21. The first-order valence-electron chi connectivity index (χ1n) is 6.93. The van der Waals surface area contributed by atoms with E-state index < -0.39 is 4.92 Å². The number of aliphatic hydroxyl groups excluding tert-OH is 1. The molecule has 1 aromatic rings. The highest BCUT2D eigenvalue weighted by Crippen LogP contribution is 2.24. The summed E-state index contributed by atoms with van der Waals surface area (Å²) in [6, 6.07) is 6.10. The third-order valence-electron chi connectivity index (χ3n) is 3.59. The van der Waals surface area contributed by atoms with Gasteiger partial charge in [-0.3, -0.25) is 14.9 Å². The van der Waals surface area contributed by atoms with Gasteiger partial charge < -0.3 is 10.4 Å². The maximum atomic E-state index is 11.7. The number of nitrogens with one attached hydrogen (secondary N) is 1. The highest BCUT2D eigenvalue weighted by Gasteiger charge is 2.22. The van der Waals surface area contributed by atoms with Gasteiger partial charge in [-0.1, -0.05) is 12.1 Å². The van der Waals surface area contributed by atoms with Gasteiger partial charge in [-0.05, 0) is 36.8 Å². The summed E-state index contributed by atoms with van der Waals surface area (Å²) in [6.45, 7) is 0.551. The monoisotopic (exact) mass is 290 g/mol. The van der Waals surface area contributed by atoms with Crippen LogP contribution >= 0.6 is 0 Å². The molecule has 6 heteroatoms. The molecule has 0 radical (unpaired) electrons. The molecule has 2 atom stereocenters. The van der Waals surface area contributed by atoms with E-state index in [0.717, 1.165) is 19.3 Å². The lowest BCUT2D eigenvalue weighted by Crippen LogP contribution is -2.26. The predicted molar refractivity (Wildman–Crippen MR) is 78.5 cm³/mol. The standard InChI is InChI=1S/C15H18N2O4/c18-14-6-4-12(9-14)10-16-15(19)7-5-11-2-1-3-13(8-11)17(20)21/h1-3,5,7-8,12,14,18H,4,6,9-10H2,(H,16,19)/b7-5+. The normalized spacial score (nSPS) is 21.6. The minimum Gasteiger partial charge on any atom is -0.393 e. The number of carbonyl (C=O) groups excluding carboxylic acids is 1. The zero-order chi connectivity index (χ0) is 15.2. The Morgan fingerprint density at radius 2 is 2.29 bits per heavy atom. The van der Waals surface area contributed by atoms with Gasteiger partial charge in [-0.25, -0.2) is 0 Å². The summed E-state index contributed by atoms with van der Waals surface area (Å²) >= 11 is 0. The van der Waals surface area contributed by atoms with Crippen molar-refractivity contribution >= 4 is 17.7 Å². The van der Waals surface area contributed by atoms with Crippen molar-refractivity contribution < 1.29 is 14.8 Å². The third-order valence-corrected chi connectivity index (χ3v) is 3.59. The summed E-state index contributed by atoms with van der Waals surface area (Å²) < 4.78 is 0. The maximum absolute atomic E-state index is 11.7. The Kier molecular flexibility index (Phi) is 5.05. The number of carbonyl (C=O) groups is 1. The van der Waals surface area contributed by atoms with Crippen LogP contribution in [0.1, 0.15) is 24.8 Å². The van der Waals surface area contributed by atoms with Gasteiger partial charge in [0, 0.05) is 24.8 Å². The second-order valence-electron chi connectivity index (χ2n) is 5.26. The fourth-order valence-electron chi connectivity index (χ4n) is 2.45. The summed E-state index contributed by atoms with van der Waals surface area (Å²) in [7, 11) is 0. The number of hydrogen-bond donors (Lipinski definition) is 2. The van der Waals surface area contributed by atoms with Crippen molar-refractivity contribution in [3.8, 4) is 0 Å². The Bertz CT molecular complexity index is 556. The molecule has 21 heavy (non-hydrogen) atoms. The lowest BCUT2D eigenvalue weighted by atomic mass is 10.1. The lowest BCUT2D eigenvalue weighted by molar-refractivity contribution is -0.384. The van der Waals surface area contributed by atoms with Crippen molar-refractivity contribution in [3.63, 3.8) is 0 Å². The van der Waals surface area contributed by atoms with Gasteiger partial charge in [0.15, 0.2) is 0 Å². The van der Waals surface area contributed by atoms with Gasteiger partial charge in [0.25, 0.3) is 5.69 Å². The van der Waals surface area contributed by atoms with Gasteiger partial charge in [0.1, 0.15) is 0 Å². The highest BCUT2D eigenvalue weighted by atomic mass is 16.6. The Morgan fingerprint density at radius 3 is 2.95 bits per heavy atom. The van der Waals surface area contributed by atoms with Gasteiger partial charge in [-0.15, -0.1) is 0 Å². The fourth-order valence-corrected chi connectivity index (χ4v) is 2.45. The van der Waals surface area contributed by atoms with Crippen LogP contribution in [0.25, 0.3) is 6.08 Å². The smallest absolute Gasteiger partial charge is 0.270 e. The SMILES string of the molecule is O=C(/C=C/c1cccc([N+](=O)[O-])c1)NCC1CCC(O)C1. The molecule has 1 aromatic carbocycles. The van der Waals surface area contributed by atoms with Gasteiger partial charge in [-0.2, -0.15) is 0 Å². The van der Waals surface area contributed by atoms with Crippen molar-refractivity contribution in [2.75, 3.05) is 6.54 Å². The van der Waals surface area contributed by atoms with Crippen molar-refractivity contribution in [2.45, 2.75) is 25.4 Å².